The van der Waals surface area contributed by atoms with Crippen LogP contribution in [0, 0.1) is 0 Å². The minimum atomic E-state index is -1.22. The number of hydrogen-bond acceptors (Lipinski definition) is 5. The van der Waals surface area contributed by atoms with Gasteiger partial charge in [0.2, 0.25) is 0 Å². The van der Waals surface area contributed by atoms with Crippen LogP contribution >= 0.6 is 0 Å². The van der Waals surface area contributed by atoms with Gasteiger partial charge in [0.05, 0.1) is 14.2 Å². The molecule has 1 heterocycles. The molecule has 106 valence electrons. The molecule has 2 amide bonds. The zero-order chi connectivity index (χ0) is 14.7. The Bertz CT molecular complexity index is 583. The Kier molecular flexibility index (Phi) is 3.99. The first-order valence-corrected chi connectivity index (χ1v) is 5.94. The van der Waals surface area contributed by atoms with E-state index in [0.29, 0.717) is 17.9 Å². The summed E-state index contributed by atoms with van der Waals surface area (Å²) in [6.07, 6.45) is 0.296. The maximum atomic E-state index is 11.4. The maximum Gasteiger partial charge on any atom is 0.273 e. The van der Waals surface area contributed by atoms with Gasteiger partial charge in [0.1, 0.15) is 5.84 Å². The van der Waals surface area contributed by atoms with Crippen molar-refractivity contribution in [2.24, 2.45) is 10.7 Å². The highest BCUT2D eigenvalue weighted by Crippen LogP contribution is 2.27. The zero-order valence-corrected chi connectivity index (χ0v) is 11.2. The normalized spacial score (nSPS) is 18.4. The van der Waals surface area contributed by atoms with E-state index >= 15 is 0 Å². The van der Waals surface area contributed by atoms with Crippen LogP contribution < -0.4 is 20.5 Å². The fraction of sp³-hybridized carbons (Fsp3) is 0.308. The molecular formula is C13H15N3O4. The molecular weight excluding hydrogens is 262 g/mol. The third-order valence-corrected chi connectivity index (χ3v) is 2.88. The second-order valence-electron chi connectivity index (χ2n) is 4.23. The number of amidine groups is 1. The van der Waals surface area contributed by atoms with Gasteiger partial charge in [0.25, 0.3) is 11.8 Å². The third-order valence-electron chi connectivity index (χ3n) is 2.88. The van der Waals surface area contributed by atoms with E-state index in [9.17, 15) is 9.59 Å². The largest absolute Gasteiger partial charge is 0.493 e. The summed E-state index contributed by atoms with van der Waals surface area (Å²) >= 11 is 0. The van der Waals surface area contributed by atoms with Crippen molar-refractivity contribution in [1.82, 2.24) is 5.32 Å². The molecule has 20 heavy (non-hydrogen) atoms. The van der Waals surface area contributed by atoms with Gasteiger partial charge < -0.3 is 20.5 Å². The van der Waals surface area contributed by atoms with Gasteiger partial charge in [-0.1, -0.05) is 6.07 Å². The molecule has 0 aromatic heterocycles. The third kappa shape index (κ3) is 2.77. The van der Waals surface area contributed by atoms with E-state index in [0.717, 1.165) is 5.56 Å². The Balaban J connectivity index is 2.20. The molecule has 0 saturated heterocycles. The van der Waals surface area contributed by atoms with Crippen molar-refractivity contribution in [3.05, 3.63) is 23.8 Å². The summed E-state index contributed by atoms with van der Waals surface area (Å²) in [4.78, 5) is 26.6. The molecule has 3 N–H and O–H groups in total. The molecule has 2 rings (SSSR count). The number of ether oxygens (including phenoxy) is 2. The second-order valence-corrected chi connectivity index (χ2v) is 4.23. The van der Waals surface area contributed by atoms with Gasteiger partial charge in [-0.2, -0.15) is 4.99 Å². The fourth-order valence-corrected chi connectivity index (χ4v) is 1.83. The van der Waals surface area contributed by atoms with Crippen molar-refractivity contribution >= 4 is 17.6 Å². The van der Waals surface area contributed by atoms with Gasteiger partial charge >= 0.3 is 0 Å². The first-order valence-electron chi connectivity index (χ1n) is 5.94. The smallest absolute Gasteiger partial charge is 0.273 e. The minimum Gasteiger partial charge on any atom is -0.493 e. The van der Waals surface area contributed by atoms with Gasteiger partial charge in [-0.15, -0.1) is 0 Å². The van der Waals surface area contributed by atoms with Gasteiger partial charge in [-0.25, -0.2) is 0 Å². The molecule has 7 heteroatoms. The number of methoxy groups -OCH3 is 2. The van der Waals surface area contributed by atoms with Crippen molar-refractivity contribution in [2.45, 2.75) is 12.5 Å². The lowest BCUT2D eigenvalue weighted by Gasteiger charge is -2.17. The van der Waals surface area contributed by atoms with Gasteiger partial charge in [0, 0.05) is 6.42 Å². The number of hydrogen-bond donors (Lipinski definition) is 2. The molecule has 0 saturated carbocycles. The lowest BCUT2D eigenvalue weighted by atomic mass is 10.1. The number of nitrogens with zero attached hydrogens (tertiary/aromatic N) is 1. The Hall–Kier alpha value is -2.41. The zero-order valence-electron chi connectivity index (χ0n) is 11.2. The molecule has 0 radical (unpaired) electrons. The molecule has 1 unspecified atom stereocenters. The maximum absolute atomic E-state index is 11.4. The van der Waals surface area contributed by atoms with Crippen LogP contribution in [0.25, 0.3) is 0 Å². The van der Waals surface area contributed by atoms with E-state index < -0.39 is 17.9 Å². The first-order chi connectivity index (χ1) is 9.55. The average molecular weight is 277 g/mol. The van der Waals surface area contributed by atoms with Gasteiger partial charge in [0.15, 0.2) is 17.5 Å². The summed E-state index contributed by atoms with van der Waals surface area (Å²) in [7, 11) is 3.08. The van der Waals surface area contributed by atoms with Gasteiger partial charge in [-0.3, -0.25) is 9.59 Å². The van der Waals surface area contributed by atoms with Crippen LogP contribution in [0.2, 0.25) is 0 Å². The van der Waals surface area contributed by atoms with Crippen molar-refractivity contribution in [2.75, 3.05) is 14.2 Å². The SMILES string of the molecule is COc1ccc(CC2=NC(=O)C(N)C(=O)N2)cc1OC. The molecule has 1 aliphatic rings. The Morgan fingerprint density at radius 2 is 1.95 bits per heavy atom. The van der Waals surface area contributed by atoms with Crippen LogP contribution in [0.1, 0.15) is 5.56 Å². The van der Waals surface area contributed by atoms with E-state index in [1.165, 1.54) is 7.11 Å². The summed E-state index contributed by atoms with van der Waals surface area (Å²) in [5.41, 5.74) is 6.18. The number of amides is 2. The number of carbonyl (C=O) groups is 2. The van der Waals surface area contributed by atoms with E-state index in [1.54, 1.807) is 25.3 Å². The molecule has 7 nitrogen and oxygen atoms in total. The fourth-order valence-electron chi connectivity index (χ4n) is 1.83. The van der Waals surface area contributed by atoms with Crippen LogP contribution in [0.15, 0.2) is 23.2 Å². The number of carbonyl (C=O) groups excluding carboxylic acids is 2. The van der Waals surface area contributed by atoms with E-state index in [4.69, 9.17) is 15.2 Å². The van der Waals surface area contributed by atoms with Crippen LogP contribution in [0.3, 0.4) is 0 Å². The Morgan fingerprint density at radius 1 is 1.25 bits per heavy atom. The standard InChI is InChI=1S/C13H15N3O4/c1-19-8-4-3-7(5-9(8)20-2)6-10-15-12(17)11(14)13(18)16-10/h3-5,11H,6,14H2,1-2H3,(H,15,16,17,18). The van der Waals surface area contributed by atoms with E-state index in [2.05, 4.69) is 10.3 Å². The number of nitrogens with two attached hydrogens (primary N) is 1. The molecule has 0 spiro atoms. The lowest BCUT2D eigenvalue weighted by molar-refractivity contribution is -0.129. The predicted molar refractivity (Wildman–Crippen MR) is 71.8 cm³/mol. The summed E-state index contributed by atoms with van der Waals surface area (Å²) in [5.74, 6) is 0.262. The van der Waals surface area contributed by atoms with Gasteiger partial charge in [-0.05, 0) is 17.7 Å². The van der Waals surface area contributed by atoms with Crippen LogP contribution in [0.4, 0.5) is 0 Å². The van der Waals surface area contributed by atoms with Crippen molar-refractivity contribution in [3.63, 3.8) is 0 Å². The second kappa shape index (κ2) is 5.70. The number of nitrogens with one attached hydrogen (secondary N) is 1. The molecule has 1 atom stereocenters. The molecule has 1 aliphatic heterocycles. The topological polar surface area (TPSA) is 103 Å². The summed E-state index contributed by atoms with van der Waals surface area (Å²) in [6, 6.07) is 4.08. The molecule has 0 fully saturated rings. The van der Waals surface area contributed by atoms with Crippen molar-refractivity contribution in [1.29, 1.82) is 0 Å². The van der Waals surface area contributed by atoms with E-state index in [-0.39, 0.29) is 5.84 Å². The Morgan fingerprint density at radius 3 is 2.55 bits per heavy atom. The highest BCUT2D eigenvalue weighted by molar-refractivity contribution is 6.18. The van der Waals surface area contributed by atoms with Crippen LogP contribution in [-0.2, 0) is 16.0 Å². The molecule has 1 aromatic rings. The number of rotatable bonds is 4. The monoisotopic (exact) mass is 277 g/mol. The molecule has 1 aromatic carbocycles. The predicted octanol–water partition coefficient (Wildman–Crippen LogP) is -0.371. The number of aliphatic imine (C=N–C) groups is 1. The lowest BCUT2D eigenvalue weighted by Crippen LogP contribution is -2.52. The molecule has 0 aliphatic carbocycles. The molecule has 0 bridgehead atoms. The quantitative estimate of drug-likeness (QED) is 0.731. The van der Waals surface area contributed by atoms with Crippen LogP contribution in [0.5, 0.6) is 11.5 Å². The van der Waals surface area contributed by atoms with Crippen LogP contribution in [-0.4, -0.2) is 37.9 Å². The summed E-state index contributed by atoms with van der Waals surface area (Å²) in [5, 5.41) is 2.50. The minimum absolute atomic E-state index is 0.272. The summed E-state index contributed by atoms with van der Waals surface area (Å²) in [6.45, 7) is 0. The highest BCUT2D eigenvalue weighted by atomic mass is 16.5. The highest BCUT2D eigenvalue weighted by Gasteiger charge is 2.28. The van der Waals surface area contributed by atoms with Crippen molar-refractivity contribution in [3.8, 4) is 11.5 Å². The summed E-state index contributed by atoms with van der Waals surface area (Å²) < 4.78 is 10.3. The van der Waals surface area contributed by atoms with Crippen molar-refractivity contribution < 1.29 is 19.1 Å². The Labute approximate surface area is 115 Å². The van der Waals surface area contributed by atoms with E-state index in [1.807, 2.05) is 0 Å². The first kappa shape index (κ1) is 14.0. The number of benzene rings is 1. The average Bonchev–Trinajstić information content (AvgIpc) is 2.44.